The normalized spacial score (nSPS) is 17.9. The number of aromatic carboxylic acids is 1. The maximum atomic E-state index is 12.6. The van der Waals surface area contributed by atoms with Crippen LogP contribution in [0.4, 0.5) is 0 Å². The Morgan fingerprint density at radius 2 is 1.94 bits per heavy atom. The van der Waals surface area contributed by atoms with Crippen molar-refractivity contribution in [1.29, 1.82) is 0 Å². The van der Waals surface area contributed by atoms with E-state index >= 15 is 0 Å². The van der Waals surface area contributed by atoms with Crippen molar-refractivity contribution in [3.05, 3.63) is 45.7 Å². The summed E-state index contributed by atoms with van der Waals surface area (Å²) in [5, 5.41) is 9.51. The third kappa shape index (κ3) is 3.51. The second-order valence-electron chi connectivity index (χ2n) is 8.74. The van der Waals surface area contributed by atoms with E-state index in [1.807, 2.05) is 10.6 Å². The van der Waals surface area contributed by atoms with Crippen LogP contribution in [0.2, 0.25) is 0 Å². The highest BCUT2D eigenvalue weighted by atomic mass is 16.5. The van der Waals surface area contributed by atoms with Crippen molar-refractivity contribution < 1.29 is 24.1 Å². The zero-order valence-corrected chi connectivity index (χ0v) is 18.4. The topological polar surface area (TPSA) is 87.0 Å². The van der Waals surface area contributed by atoms with E-state index in [2.05, 4.69) is 19.9 Å². The van der Waals surface area contributed by atoms with Gasteiger partial charge in [0.25, 0.3) is 0 Å². The molecule has 7 heteroatoms. The molecular weight excluding hydrogens is 398 g/mol. The van der Waals surface area contributed by atoms with Crippen LogP contribution in [-0.2, 0) is 10.2 Å². The van der Waals surface area contributed by atoms with Gasteiger partial charge in [-0.3, -0.25) is 4.79 Å². The van der Waals surface area contributed by atoms with E-state index in [1.165, 1.54) is 12.3 Å². The largest absolute Gasteiger partial charge is 0.493 e. The fourth-order valence-electron chi connectivity index (χ4n) is 5.08. The monoisotopic (exact) mass is 427 g/mol. The van der Waals surface area contributed by atoms with Gasteiger partial charge in [0.05, 0.1) is 19.4 Å². The van der Waals surface area contributed by atoms with Gasteiger partial charge in [-0.2, -0.15) is 0 Å². The van der Waals surface area contributed by atoms with Gasteiger partial charge in [0.2, 0.25) is 0 Å². The predicted molar refractivity (Wildman–Crippen MR) is 116 cm³/mol. The van der Waals surface area contributed by atoms with Crippen LogP contribution in [0, 0.1) is 5.92 Å². The number of nitrogens with zero attached hydrogens (tertiary/aromatic N) is 1. The van der Waals surface area contributed by atoms with Crippen LogP contribution in [0.25, 0.3) is 11.3 Å². The number of methoxy groups -OCH3 is 2. The van der Waals surface area contributed by atoms with E-state index in [0.29, 0.717) is 24.7 Å². The molecule has 1 fully saturated rings. The summed E-state index contributed by atoms with van der Waals surface area (Å²) in [6, 6.07) is 5.49. The highest BCUT2D eigenvalue weighted by Crippen LogP contribution is 2.64. The zero-order valence-electron chi connectivity index (χ0n) is 18.4. The van der Waals surface area contributed by atoms with Crippen LogP contribution in [0.15, 0.2) is 29.2 Å². The number of carboxylic acids is 1. The van der Waals surface area contributed by atoms with Crippen molar-refractivity contribution >= 4 is 5.97 Å². The Hall–Kier alpha value is -2.80. The molecule has 1 atom stereocenters. The number of benzene rings is 1. The second-order valence-corrected chi connectivity index (χ2v) is 8.74. The van der Waals surface area contributed by atoms with Gasteiger partial charge in [-0.1, -0.05) is 13.8 Å². The van der Waals surface area contributed by atoms with Crippen LogP contribution in [0.5, 0.6) is 11.5 Å². The number of rotatable bonds is 8. The van der Waals surface area contributed by atoms with Crippen molar-refractivity contribution in [2.75, 3.05) is 27.4 Å². The van der Waals surface area contributed by atoms with E-state index < -0.39 is 11.4 Å². The van der Waals surface area contributed by atoms with E-state index in [1.54, 1.807) is 14.2 Å². The molecule has 1 aromatic heterocycles. The summed E-state index contributed by atoms with van der Waals surface area (Å²) in [4.78, 5) is 24.2. The number of fused-ring (bicyclic) bond motifs is 4. The molecule has 4 rings (SSSR count). The van der Waals surface area contributed by atoms with E-state index in [9.17, 15) is 14.7 Å². The van der Waals surface area contributed by atoms with Gasteiger partial charge in [0.15, 0.2) is 16.9 Å². The fraction of sp³-hybridized carbons (Fsp3) is 0.500. The summed E-state index contributed by atoms with van der Waals surface area (Å²) in [5.74, 6) is 0.336. The highest BCUT2D eigenvalue weighted by Gasteiger charge is 2.56. The molecule has 1 saturated carbocycles. The summed E-state index contributed by atoms with van der Waals surface area (Å²) < 4.78 is 18.7. The molecule has 0 bridgehead atoms. The zero-order chi connectivity index (χ0) is 22.3. The summed E-state index contributed by atoms with van der Waals surface area (Å²) in [6.45, 7) is 5.42. The van der Waals surface area contributed by atoms with E-state index in [4.69, 9.17) is 14.2 Å². The molecule has 1 N–H and O–H groups in total. The second kappa shape index (κ2) is 8.04. The molecule has 1 aliphatic carbocycles. The first kappa shape index (κ1) is 21.4. The molecule has 0 amide bonds. The Labute approximate surface area is 181 Å². The lowest BCUT2D eigenvalue weighted by atomic mass is 9.75. The number of pyridine rings is 1. The van der Waals surface area contributed by atoms with Gasteiger partial charge >= 0.3 is 5.97 Å². The Kier molecular flexibility index (Phi) is 5.56. The van der Waals surface area contributed by atoms with Crippen molar-refractivity contribution in [1.82, 2.24) is 4.57 Å². The van der Waals surface area contributed by atoms with Crippen molar-refractivity contribution in [2.45, 2.75) is 44.6 Å². The number of carboxylic acid groups (broad SMARTS) is 1. The first-order chi connectivity index (χ1) is 14.8. The third-order valence-corrected chi connectivity index (χ3v) is 6.46. The highest BCUT2D eigenvalue weighted by molar-refractivity contribution is 5.88. The number of ether oxygens (including phenoxy) is 3. The van der Waals surface area contributed by atoms with E-state index in [-0.39, 0.29) is 22.9 Å². The minimum Gasteiger partial charge on any atom is -0.493 e. The lowest BCUT2D eigenvalue weighted by Crippen LogP contribution is -2.35. The van der Waals surface area contributed by atoms with Gasteiger partial charge in [0, 0.05) is 49.4 Å². The number of hydrogen-bond donors (Lipinski definition) is 1. The number of hydrogen-bond acceptors (Lipinski definition) is 5. The lowest BCUT2D eigenvalue weighted by molar-refractivity contribution is 0.0694. The average Bonchev–Trinajstić information content (AvgIpc) is 3.51. The minimum atomic E-state index is -1.20. The lowest BCUT2D eigenvalue weighted by Gasteiger charge is -2.41. The summed E-state index contributed by atoms with van der Waals surface area (Å²) in [6.07, 6.45) is 4.31. The molecule has 1 spiro atoms. The maximum Gasteiger partial charge on any atom is 0.341 e. The number of aromatic nitrogens is 1. The quantitative estimate of drug-likeness (QED) is 0.644. The van der Waals surface area contributed by atoms with Crippen LogP contribution >= 0.6 is 0 Å². The first-order valence-corrected chi connectivity index (χ1v) is 10.7. The van der Waals surface area contributed by atoms with Crippen LogP contribution in [-0.4, -0.2) is 43.1 Å². The van der Waals surface area contributed by atoms with Crippen molar-refractivity contribution in [3.8, 4) is 22.8 Å². The molecule has 31 heavy (non-hydrogen) atoms. The summed E-state index contributed by atoms with van der Waals surface area (Å²) in [7, 11) is 3.26. The Morgan fingerprint density at radius 3 is 2.52 bits per heavy atom. The summed E-state index contributed by atoms with van der Waals surface area (Å²) >= 11 is 0. The van der Waals surface area contributed by atoms with Gasteiger partial charge in [-0.15, -0.1) is 0 Å². The maximum absolute atomic E-state index is 12.6. The first-order valence-electron chi connectivity index (χ1n) is 10.7. The standard InChI is InChI=1S/C24H29NO6/c1-14(2)22-24(6-7-24)17-11-21(31-9-5-8-29-3)20(30-4)10-15(17)18-12-19(26)16(23(27)28)13-25(18)22/h10-14,22H,5-9H2,1-4H3,(H,27,28). The SMILES string of the molecule is COCCCOc1cc2c(cc1OC)-c1cc(=O)c(C(=O)O)cn1C(C(C)C)C21CC1. The van der Waals surface area contributed by atoms with Crippen LogP contribution in [0.3, 0.4) is 0 Å². The van der Waals surface area contributed by atoms with Crippen molar-refractivity contribution in [2.24, 2.45) is 5.92 Å². The molecule has 2 aromatic rings. The molecular formula is C24H29NO6. The molecule has 1 aromatic carbocycles. The van der Waals surface area contributed by atoms with Gasteiger partial charge < -0.3 is 23.9 Å². The Bertz CT molecular complexity index is 1070. The minimum absolute atomic E-state index is 0.0587. The Morgan fingerprint density at radius 1 is 1.19 bits per heavy atom. The molecule has 2 aliphatic rings. The summed E-state index contributed by atoms with van der Waals surface area (Å²) in [5.41, 5.74) is 2.00. The molecule has 0 saturated heterocycles. The molecule has 1 unspecified atom stereocenters. The van der Waals surface area contributed by atoms with Gasteiger partial charge in [0.1, 0.15) is 5.56 Å². The van der Waals surface area contributed by atoms with Gasteiger partial charge in [-0.25, -0.2) is 4.79 Å². The average molecular weight is 427 g/mol. The molecule has 7 nitrogen and oxygen atoms in total. The molecule has 166 valence electrons. The predicted octanol–water partition coefficient (Wildman–Crippen LogP) is 3.88. The smallest absolute Gasteiger partial charge is 0.341 e. The number of carbonyl (C=O) groups is 1. The Balaban J connectivity index is 1.90. The van der Waals surface area contributed by atoms with Gasteiger partial charge in [-0.05, 0) is 36.5 Å². The van der Waals surface area contributed by atoms with Crippen LogP contribution in [0.1, 0.15) is 55.1 Å². The molecule has 0 radical (unpaired) electrons. The fourth-order valence-corrected chi connectivity index (χ4v) is 5.08. The van der Waals surface area contributed by atoms with E-state index in [0.717, 1.165) is 36.1 Å². The third-order valence-electron chi connectivity index (χ3n) is 6.46. The molecule has 1 aliphatic heterocycles. The molecule has 2 heterocycles. The van der Waals surface area contributed by atoms with Crippen molar-refractivity contribution in [3.63, 3.8) is 0 Å². The van der Waals surface area contributed by atoms with Crippen LogP contribution < -0.4 is 14.9 Å².